The highest BCUT2D eigenvalue weighted by Gasteiger charge is 2.51. The van der Waals surface area contributed by atoms with Gasteiger partial charge in [0, 0.05) is 30.6 Å². The largest absolute Gasteiger partial charge is 0.493 e. The molecule has 35 heavy (non-hydrogen) atoms. The molecular formula is C26H38N2O7. The number of aliphatic hydroxyl groups is 3. The van der Waals surface area contributed by atoms with E-state index in [4.69, 9.17) is 9.47 Å². The first-order valence-corrected chi connectivity index (χ1v) is 12.3. The van der Waals surface area contributed by atoms with Gasteiger partial charge in [-0.05, 0) is 42.5 Å². The minimum absolute atomic E-state index is 0.0698. The summed E-state index contributed by atoms with van der Waals surface area (Å²) in [5.74, 6) is 0.0565. The van der Waals surface area contributed by atoms with E-state index in [2.05, 4.69) is 19.2 Å². The number of benzene rings is 1. The molecule has 0 aromatic heterocycles. The van der Waals surface area contributed by atoms with Gasteiger partial charge < -0.3 is 35.0 Å². The van der Waals surface area contributed by atoms with Gasteiger partial charge in [0.2, 0.25) is 11.8 Å². The maximum absolute atomic E-state index is 13.2. The maximum atomic E-state index is 13.2. The second kappa shape index (κ2) is 11.9. The van der Waals surface area contributed by atoms with Crippen molar-refractivity contribution in [3.63, 3.8) is 0 Å². The van der Waals surface area contributed by atoms with Crippen LogP contribution >= 0.6 is 0 Å². The molecule has 0 fully saturated rings. The summed E-state index contributed by atoms with van der Waals surface area (Å²) in [7, 11) is 1.49. The normalized spacial score (nSPS) is 22.7. The lowest BCUT2D eigenvalue weighted by atomic mass is 9.77. The van der Waals surface area contributed by atoms with Crippen molar-refractivity contribution in [2.45, 2.75) is 70.8 Å². The topological polar surface area (TPSA) is 129 Å². The molecule has 2 aliphatic rings. The van der Waals surface area contributed by atoms with Crippen LogP contribution in [0.2, 0.25) is 0 Å². The molecule has 1 aliphatic heterocycles. The number of aliphatic hydroxyl groups excluding tert-OH is 3. The Balaban J connectivity index is 2.10. The second-order valence-electron chi connectivity index (χ2n) is 9.54. The molecule has 1 heterocycles. The first kappa shape index (κ1) is 27.0. The number of rotatable bonds is 11. The molecule has 9 heteroatoms. The van der Waals surface area contributed by atoms with Crippen LogP contribution in [0.1, 0.15) is 57.1 Å². The minimum atomic E-state index is -1.09. The quantitative estimate of drug-likeness (QED) is 0.370. The van der Waals surface area contributed by atoms with E-state index in [1.165, 1.54) is 7.11 Å². The third-order valence-corrected chi connectivity index (χ3v) is 6.59. The third kappa shape index (κ3) is 5.63. The second-order valence-corrected chi connectivity index (χ2v) is 9.54. The monoisotopic (exact) mass is 490 g/mol. The van der Waals surface area contributed by atoms with Crippen LogP contribution in [0.4, 0.5) is 0 Å². The number of carbonyl (C=O) groups is 2. The fourth-order valence-corrected chi connectivity index (χ4v) is 4.81. The lowest BCUT2D eigenvalue weighted by Crippen LogP contribution is -2.56. The van der Waals surface area contributed by atoms with Gasteiger partial charge in [0.1, 0.15) is 12.2 Å². The summed E-state index contributed by atoms with van der Waals surface area (Å²) in [6.45, 7) is 6.14. The molecule has 194 valence electrons. The Hall–Kier alpha value is -2.62. The predicted octanol–water partition coefficient (Wildman–Crippen LogP) is 1.48. The van der Waals surface area contributed by atoms with E-state index in [0.717, 1.165) is 6.42 Å². The molecule has 4 N–H and O–H groups in total. The highest BCUT2D eigenvalue weighted by atomic mass is 16.5. The molecule has 0 radical (unpaired) electrons. The number of ether oxygens (including phenoxy) is 2. The summed E-state index contributed by atoms with van der Waals surface area (Å²) in [5.41, 5.74) is 1.58. The molecule has 0 saturated carbocycles. The first-order chi connectivity index (χ1) is 16.8. The van der Waals surface area contributed by atoms with Gasteiger partial charge in [-0.25, -0.2) is 0 Å². The Kier molecular flexibility index (Phi) is 9.15. The van der Waals surface area contributed by atoms with Crippen LogP contribution in [-0.2, 0) is 16.2 Å². The van der Waals surface area contributed by atoms with Gasteiger partial charge in [-0.15, -0.1) is 0 Å². The average Bonchev–Trinajstić information content (AvgIpc) is 3.23. The van der Waals surface area contributed by atoms with Gasteiger partial charge in [0.15, 0.2) is 11.5 Å². The molecule has 1 aliphatic carbocycles. The van der Waals surface area contributed by atoms with Crippen LogP contribution in [0.3, 0.4) is 0 Å². The Morgan fingerprint density at radius 2 is 2.00 bits per heavy atom. The van der Waals surface area contributed by atoms with Crippen LogP contribution < -0.4 is 14.8 Å². The van der Waals surface area contributed by atoms with Gasteiger partial charge in [0.05, 0.1) is 32.3 Å². The SMILES string of the molecule is CCCC(=O)N(CCC(C)C)C1C=C(C(=O)NCCO)C2c3cc(CO)cc(OC)c3OC2C1O. The summed E-state index contributed by atoms with van der Waals surface area (Å²) in [5, 5.41) is 33.2. The zero-order valence-corrected chi connectivity index (χ0v) is 21.0. The highest BCUT2D eigenvalue weighted by molar-refractivity contribution is 5.96. The van der Waals surface area contributed by atoms with Gasteiger partial charge in [-0.1, -0.05) is 20.8 Å². The number of nitrogens with one attached hydrogen (secondary N) is 1. The van der Waals surface area contributed by atoms with Crippen LogP contribution in [0, 0.1) is 5.92 Å². The van der Waals surface area contributed by atoms with Crippen LogP contribution in [0.15, 0.2) is 23.8 Å². The van der Waals surface area contributed by atoms with Crippen LogP contribution in [-0.4, -0.2) is 77.1 Å². The van der Waals surface area contributed by atoms with Crippen molar-refractivity contribution in [1.29, 1.82) is 0 Å². The number of hydrogen-bond acceptors (Lipinski definition) is 7. The van der Waals surface area contributed by atoms with Crippen molar-refractivity contribution in [2.75, 3.05) is 26.8 Å². The fraction of sp³-hybridized carbons (Fsp3) is 0.615. The summed E-state index contributed by atoms with van der Waals surface area (Å²) >= 11 is 0. The minimum Gasteiger partial charge on any atom is -0.493 e. The lowest BCUT2D eigenvalue weighted by molar-refractivity contribution is -0.137. The Morgan fingerprint density at radius 1 is 1.26 bits per heavy atom. The zero-order chi connectivity index (χ0) is 25.7. The number of hydrogen-bond donors (Lipinski definition) is 4. The van der Waals surface area contributed by atoms with E-state index in [0.29, 0.717) is 53.5 Å². The Morgan fingerprint density at radius 3 is 2.60 bits per heavy atom. The number of methoxy groups -OCH3 is 1. The number of fused-ring (bicyclic) bond motifs is 3. The van der Waals surface area contributed by atoms with Gasteiger partial charge >= 0.3 is 0 Å². The van der Waals surface area contributed by atoms with Crippen molar-refractivity contribution in [3.8, 4) is 11.5 Å². The molecular weight excluding hydrogens is 452 g/mol. The van der Waals surface area contributed by atoms with E-state index in [1.807, 2.05) is 6.92 Å². The lowest BCUT2D eigenvalue weighted by Gasteiger charge is -2.41. The molecule has 3 rings (SSSR count). The van der Waals surface area contributed by atoms with Crippen LogP contribution in [0.5, 0.6) is 11.5 Å². The van der Waals surface area contributed by atoms with Gasteiger partial charge in [-0.2, -0.15) is 0 Å². The maximum Gasteiger partial charge on any atom is 0.247 e. The number of carbonyl (C=O) groups excluding carboxylic acids is 2. The summed E-state index contributed by atoms with van der Waals surface area (Å²) in [6.07, 6.45) is 1.52. The number of amides is 2. The Labute approximate surface area is 206 Å². The highest BCUT2D eigenvalue weighted by Crippen LogP contribution is 2.51. The molecule has 1 aromatic carbocycles. The van der Waals surface area contributed by atoms with E-state index in [1.54, 1.807) is 23.1 Å². The molecule has 0 saturated heterocycles. The fourth-order valence-electron chi connectivity index (χ4n) is 4.81. The smallest absolute Gasteiger partial charge is 0.247 e. The summed E-state index contributed by atoms with van der Waals surface area (Å²) < 4.78 is 11.7. The molecule has 4 atom stereocenters. The average molecular weight is 491 g/mol. The van der Waals surface area contributed by atoms with Crippen molar-refractivity contribution >= 4 is 11.8 Å². The number of nitrogens with zero attached hydrogens (tertiary/aromatic N) is 1. The molecule has 4 unspecified atom stereocenters. The molecule has 0 spiro atoms. The molecule has 9 nitrogen and oxygen atoms in total. The zero-order valence-electron chi connectivity index (χ0n) is 21.0. The molecule has 1 aromatic rings. The standard InChI is InChI=1S/C26H38N2O7/c1-5-6-21(31)28(9-7-15(2)3)19-13-18(26(33)27-8-10-29)22-17-11-16(14-30)12-20(34-4)24(17)35-25(22)23(19)32/h11-13,15,19,22-23,25,29-30,32H,5-10,14H2,1-4H3,(H,27,33). The summed E-state index contributed by atoms with van der Waals surface area (Å²) in [4.78, 5) is 28.0. The predicted molar refractivity (Wildman–Crippen MR) is 130 cm³/mol. The third-order valence-electron chi connectivity index (χ3n) is 6.59. The molecule has 0 bridgehead atoms. The molecule has 2 amide bonds. The van der Waals surface area contributed by atoms with E-state index in [9.17, 15) is 24.9 Å². The Bertz CT molecular complexity index is 946. The van der Waals surface area contributed by atoms with E-state index >= 15 is 0 Å². The van der Waals surface area contributed by atoms with Crippen molar-refractivity contribution in [2.24, 2.45) is 5.92 Å². The van der Waals surface area contributed by atoms with Gasteiger partial charge in [-0.3, -0.25) is 9.59 Å². The summed E-state index contributed by atoms with van der Waals surface area (Å²) in [6, 6.07) is 2.66. The van der Waals surface area contributed by atoms with Crippen molar-refractivity contribution in [3.05, 3.63) is 34.9 Å². The van der Waals surface area contributed by atoms with Crippen molar-refractivity contribution in [1.82, 2.24) is 10.2 Å². The van der Waals surface area contributed by atoms with Gasteiger partial charge in [0.25, 0.3) is 0 Å². The van der Waals surface area contributed by atoms with Crippen LogP contribution in [0.25, 0.3) is 0 Å². The van der Waals surface area contributed by atoms with E-state index in [-0.39, 0.29) is 25.7 Å². The van der Waals surface area contributed by atoms with E-state index < -0.39 is 30.1 Å². The first-order valence-electron chi connectivity index (χ1n) is 12.3. The van der Waals surface area contributed by atoms with Crippen molar-refractivity contribution < 1.29 is 34.4 Å².